The lowest BCUT2D eigenvalue weighted by Gasteiger charge is -2.30. The monoisotopic (exact) mass is 492 g/mol. The lowest BCUT2D eigenvalue weighted by Crippen LogP contribution is -2.40. The maximum Gasteiger partial charge on any atom is 0.290 e. The first kappa shape index (κ1) is 24.9. The van der Waals surface area contributed by atoms with Crippen molar-refractivity contribution in [2.75, 3.05) is 29.0 Å². The number of carboxylic acid groups (broad SMARTS) is 1. The maximum atomic E-state index is 8.36. The Hall–Kier alpha value is -4.19. The van der Waals surface area contributed by atoms with Crippen molar-refractivity contribution in [1.29, 1.82) is 0 Å². The van der Waals surface area contributed by atoms with E-state index in [1.165, 1.54) is 0 Å². The van der Waals surface area contributed by atoms with E-state index in [1.54, 1.807) is 10.7 Å². The molecule has 1 fully saturated rings. The molecule has 4 heterocycles. The van der Waals surface area contributed by atoms with Gasteiger partial charge < -0.3 is 31.4 Å². The number of anilines is 3. The van der Waals surface area contributed by atoms with E-state index in [4.69, 9.17) is 31.3 Å². The summed E-state index contributed by atoms with van der Waals surface area (Å²) in [5.41, 5.74) is 15.6. The van der Waals surface area contributed by atoms with Crippen molar-refractivity contribution in [3.8, 4) is 5.69 Å². The summed E-state index contributed by atoms with van der Waals surface area (Å²) in [6.45, 7) is 6.27. The molecule has 12 heteroatoms. The number of nitrogens with zero attached hydrogens (tertiary/aromatic N) is 7. The molecule has 0 aliphatic carbocycles. The zero-order valence-electron chi connectivity index (χ0n) is 20.4. The van der Waals surface area contributed by atoms with E-state index < -0.39 is 0 Å². The minimum Gasteiger partial charge on any atom is -0.483 e. The summed E-state index contributed by atoms with van der Waals surface area (Å²) in [4.78, 5) is 25.0. The largest absolute Gasteiger partial charge is 0.483 e. The normalized spacial score (nSPS) is 14.1. The van der Waals surface area contributed by atoms with E-state index in [0.717, 1.165) is 54.2 Å². The number of rotatable bonds is 6. The second-order valence-electron chi connectivity index (χ2n) is 8.89. The van der Waals surface area contributed by atoms with Crippen LogP contribution in [-0.2, 0) is 11.3 Å². The summed E-state index contributed by atoms with van der Waals surface area (Å²) in [7, 11) is 0. The average Bonchev–Trinajstić information content (AvgIpc) is 3.50. The second kappa shape index (κ2) is 11.0. The van der Waals surface area contributed by atoms with Crippen LogP contribution in [0.25, 0.3) is 16.9 Å². The number of hydrogen-bond acceptors (Lipinski definition) is 9. The van der Waals surface area contributed by atoms with E-state index in [1.807, 2.05) is 30.7 Å². The minimum absolute atomic E-state index is 0.242. The Morgan fingerprint density at radius 3 is 2.58 bits per heavy atom. The zero-order valence-corrected chi connectivity index (χ0v) is 20.4. The number of benzene rings is 1. The fraction of sp³-hybridized carbons (Fsp3) is 0.375. The van der Waals surface area contributed by atoms with Crippen LogP contribution in [-0.4, -0.2) is 60.0 Å². The van der Waals surface area contributed by atoms with Crippen LogP contribution in [0.1, 0.15) is 38.3 Å². The van der Waals surface area contributed by atoms with Crippen LogP contribution >= 0.6 is 0 Å². The van der Waals surface area contributed by atoms with Gasteiger partial charge in [0, 0.05) is 44.0 Å². The molecule has 6 N–H and O–H groups in total. The van der Waals surface area contributed by atoms with Crippen LogP contribution in [0.4, 0.5) is 17.6 Å². The van der Waals surface area contributed by atoms with E-state index in [9.17, 15) is 0 Å². The van der Waals surface area contributed by atoms with Gasteiger partial charge in [-0.15, -0.1) is 0 Å². The van der Waals surface area contributed by atoms with Gasteiger partial charge in [0.1, 0.15) is 5.82 Å². The zero-order chi connectivity index (χ0) is 25.7. The number of imidazole rings is 1. The van der Waals surface area contributed by atoms with Crippen molar-refractivity contribution in [2.24, 2.45) is 5.73 Å². The van der Waals surface area contributed by atoms with Crippen molar-refractivity contribution >= 4 is 35.2 Å². The van der Waals surface area contributed by atoms with E-state index in [2.05, 4.69) is 44.8 Å². The van der Waals surface area contributed by atoms with Crippen LogP contribution in [0, 0.1) is 0 Å². The fourth-order valence-corrected chi connectivity index (χ4v) is 4.18. The van der Waals surface area contributed by atoms with Crippen molar-refractivity contribution < 1.29 is 9.90 Å². The predicted octanol–water partition coefficient (Wildman–Crippen LogP) is 2.42. The van der Waals surface area contributed by atoms with Crippen LogP contribution in [0.2, 0.25) is 0 Å². The summed E-state index contributed by atoms with van der Waals surface area (Å²) in [5.74, 6) is 1.92. The minimum atomic E-state index is -0.250. The molecule has 1 aromatic carbocycles. The van der Waals surface area contributed by atoms with Crippen LogP contribution < -0.4 is 21.7 Å². The molecular weight excluding hydrogens is 460 g/mol. The molecular formula is C24H32N10O2. The third kappa shape index (κ3) is 5.38. The van der Waals surface area contributed by atoms with Gasteiger partial charge >= 0.3 is 0 Å². The number of nitrogens with two attached hydrogens (primary N) is 2. The standard InChI is InChI=1S/C23H30N10.CH2O2/c1-15(2)32-14-27-20-21(28-23(29-22(20)32)31-10-7-17(24)8-11-31)26-13-16-5-3-4-6-18(16)33-12-9-19(25)30-33;2-1-3/h3-6,9,12,14-15,17H,7-8,10-11,13,24H2,1-2H3,(H2,25,30)(H,26,28,29);1H,(H,2,3). The highest BCUT2D eigenvalue weighted by atomic mass is 16.3. The second-order valence-corrected chi connectivity index (χ2v) is 8.89. The molecule has 190 valence electrons. The molecule has 1 aliphatic rings. The van der Waals surface area contributed by atoms with Crippen LogP contribution in [0.15, 0.2) is 42.9 Å². The van der Waals surface area contributed by atoms with Crippen LogP contribution in [0.3, 0.4) is 0 Å². The predicted molar refractivity (Wildman–Crippen MR) is 139 cm³/mol. The molecule has 0 atom stereocenters. The quantitative estimate of drug-likeness (QED) is 0.294. The average molecular weight is 493 g/mol. The summed E-state index contributed by atoms with van der Waals surface area (Å²) < 4.78 is 3.87. The smallest absolute Gasteiger partial charge is 0.290 e. The number of aromatic nitrogens is 6. The van der Waals surface area contributed by atoms with E-state index >= 15 is 0 Å². The van der Waals surface area contributed by atoms with Gasteiger partial charge in [-0.05, 0) is 38.3 Å². The number of para-hydroxylation sites is 1. The number of nitrogen functional groups attached to an aromatic ring is 1. The van der Waals surface area contributed by atoms with E-state index in [0.29, 0.717) is 18.3 Å². The first-order valence-corrected chi connectivity index (χ1v) is 11.9. The molecule has 0 unspecified atom stereocenters. The molecule has 1 saturated heterocycles. The number of nitrogens with one attached hydrogen (secondary N) is 1. The molecule has 3 aromatic heterocycles. The van der Waals surface area contributed by atoms with Crippen molar-refractivity contribution in [3.63, 3.8) is 0 Å². The van der Waals surface area contributed by atoms with E-state index in [-0.39, 0.29) is 18.6 Å². The van der Waals surface area contributed by atoms with Gasteiger partial charge in [-0.2, -0.15) is 15.1 Å². The molecule has 36 heavy (non-hydrogen) atoms. The number of fused-ring (bicyclic) bond motifs is 1. The summed E-state index contributed by atoms with van der Waals surface area (Å²) in [6, 6.07) is 10.4. The lowest BCUT2D eigenvalue weighted by atomic mass is 10.1. The molecule has 0 saturated carbocycles. The molecule has 0 radical (unpaired) electrons. The van der Waals surface area contributed by atoms with Crippen molar-refractivity contribution in [2.45, 2.75) is 45.3 Å². The van der Waals surface area contributed by atoms with Gasteiger partial charge in [-0.3, -0.25) is 4.79 Å². The Morgan fingerprint density at radius 1 is 1.19 bits per heavy atom. The Bertz CT molecular complexity index is 1310. The molecule has 0 spiro atoms. The number of carbonyl (C=O) groups is 1. The Kier molecular flexibility index (Phi) is 7.64. The first-order chi connectivity index (χ1) is 17.4. The number of piperidine rings is 1. The van der Waals surface area contributed by atoms with Gasteiger partial charge in [-0.25, -0.2) is 9.67 Å². The summed E-state index contributed by atoms with van der Waals surface area (Å²) in [5, 5.41) is 14.8. The van der Waals surface area contributed by atoms with Gasteiger partial charge in [-0.1, -0.05) is 18.2 Å². The van der Waals surface area contributed by atoms with Gasteiger partial charge in [0.05, 0.1) is 12.0 Å². The maximum absolute atomic E-state index is 8.36. The SMILES string of the molecule is CC(C)n1cnc2c(NCc3ccccc3-n3ccc(N)n3)nc(N3CCC(N)CC3)nc21.O=CO. The van der Waals surface area contributed by atoms with Gasteiger partial charge in [0.2, 0.25) is 5.95 Å². The highest BCUT2D eigenvalue weighted by Gasteiger charge is 2.22. The third-order valence-corrected chi connectivity index (χ3v) is 6.08. The van der Waals surface area contributed by atoms with Gasteiger partial charge in [0.25, 0.3) is 6.47 Å². The third-order valence-electron chi connectivity index (χ3n) is 6.08. The van der Waals surface area contributed by atoms with Crippen molar-refractivity contribution in [1.82, 2.24) is 29.3 Å². The highest BCUT2D eigenvalue weighted by Crippen LogP contribution is 2.27. The first-order valence-electron chi connectivity index (χ1n) is 11.9. The summed E-state index contributed by atoms with van der Waals surface area (Å²) >= 11 is 0. The molecule has 1 aliphatic heterocycles. The Labute approximate surface area is 209 Å². The Morgan fingerprint density at radius 2 is 1.92 bits per heavy atom. The van der Waals surface area contributed by atoms with Crippen LogP contribution in [0.5, 0.6) is 0 Å². The fourth-order valence-electron chi connectivity index (χ4n) is 4.18. The Balaban J connectivity index is 0.000000967. The number of hydrogen-bond donors (Lipinski definition) is 4. The topological polar surface area (TPSA) is 166 Å². The van der Waals surface area contributed by atoms with Crippen molar-refractivity contribution in [3.05, 3.63) is 48.4 Å². The molecule has 12 nitrogen and oxygen atoms in total. The van der Waals surface area contributed by atoms with Gasteiger partial charge in [0.15, 0.2) is 17.0 Å². The molecule has 4 aromatic rings. The highest BCUT2D eigenvalue weighted by molar-refractivity contribution is 5.84. The lowest BCUT2D eigenvalue weighted by molar-refractivity contribution is -0.122. The molecule has 5 rings (SSSR count). The summed E-state index contributed by atoms with van der Waals surface area (Å²) in [6.07, 6.45) is 5.58. The molecule has 0 bridgehead atoms. The molecule has 0 amide bonds.